The maximum absolute atomic E-state index is 12.4. The van der Waals surface area contributed by atoms with E-state index in [0.29, 0.717) is 24.4 Å². The molecule has 11 N–H and O–H groups in total. The van der Waals surface area contributed by atoms with E-state index in [4.69, 9.17) is 22.6 Å². The molecule has 1 aromatic carbocycles. The van der Waals surface area contributed by atoms with E-state index in [0.717, 1.165) is 69.5 Å². The zero-order valence-electron chi connectivity index (χ0n) is 28.6. The highest BCUT2D eigenvalue weighted by atomic mass is 16.2. The van der Waals surface area contributed by atoms with E-state index in [1.807, 2.05) is 65.8 Å². The van der Waals surface area contributed by atoms with Crippen LogP contribution in [0.4, 0.5) is 4.79 Å². The number of unbranched alkanes of at least 4 members (excludes halogenated alkanes) is 1. The van der Waals surface area contributed by atoms with Gasteiger partial charge >= 0.3 is 6.03 Å². The standard InChI is InChI=1S/C19H28N6O.C14H29N5O/c1-19(2,3)17-24-12-15(16(26)25-17)14-7-5-13(6-8-14)11-22-9-4-10-23-18(20)21;1-14(2,3)18-13(20)17-11-7-9-19(10-11)8-5-4-6-12(15)16/h5-8,12,22H,4,9-11H2,1-3H3,(H4,20,21,23)(H,24,25,26);11H,4-10H2,1-3H3,(H3,15,16)(H2,17,18,20)/t;11-/m.1/s1. The molecule has 0 saturated carbocycles. The third kappa shape index (κ3) is 15.3. The van der Waals surface area contributed by atoms with Crippen molar-refractivity contribution in [3.63, 3.8) is 0 Å². The lowest BCUT2D eigenvalue weighted by molar-refractivity contribution is 0.227. The van der Waals surface area contributed by atoms with Crippen LogP contribution < -0.4 is 38.7 Å². The van der Waals surface area contributed by atoms with E-state index in [1.54, 1.807) is 6.20 Å². The number of hydrogen-bond donors (Lipinski definition) is 8. The summed E-state index contributed by atoms with van der Waals surface area (Å²) >= 11 is 0. The Morgan fingerprint density at radius 1 is 1.09 bits per heavy atom. The quantitative estimate of drug-likeness (QED) is 0.0924. The average molecular weight is 640 g/mol. The van der Waals surface area contributed by atoms with Crippen LogP contribution in [0.3, 0.4) is 0 Å². The summed E-state index contributed by atoms with van der Waals surface area (Å²) in [6.07, 6.45) is 6.23. The minimum atomic E-state index is -0.199. The second-order valence-electron chi connectivity index (χ2n) is 13.9. The number of nitrogens with two attached hydrogens (primary N) is 3. The molecular weight excluding hydrogens is 582 g/mol. The molecule has 2 aromatic rings. The van der Waals surface area contributed by atoms with E-state index in [1.165, 1.54) is 0 Å². The van der Waals surface area contributed by atoms with E-state index in [-0.39, 0.29) is 40.4 Å². The maximum atomic E-state index is 12.4. The number of rotatable bonds is 13. The summed E-state index contributed by atoms with van der Waals surface area (Å²) in [6, 6.07) is 8.06. The predicted molar refractivity (Wildman–Crippen MR) is 188 cm³/mol. The molecule has 13 nitrogen and oxygen atoms in total. The number of aromatic nitrogens is 2. The fraction of sp³-hybridized carbons (Fsp3) is 0.606. The van der Waals surface area contributed by atoms with Gasteiger partial charge in [0.25, 0.3) is 5.56 Å². The zero-order chi connectivity index (χ0) is 34.3. The van der Waals surface area contributed by atoms with Gasteiger partial charge in [0.1, 0.15) is 5.82 Å². The summed E-state index contributed by atoms with van der Waals surface area (Å²) in [5, 5.41) is 16.5. The molecule has 1 aromatic heterocycles. The highest BCUT2D eigenvalue weighted by Crippen LogP contribution is 2.19. The first-order valence-corrected chi connectivity index (χ1v) is 16.1. The van der Waals surface area contributed by atoms with Crippen LogP contribution in [0.25, 0.3) is 11.1 Å². The number of amides is 2. The monoisotopic (exact) mass is 639 g/mol. The van der Waals surface area contributed by atoms with Crippen LogP contribution in [-0.4, -0.2) is 77.0 Å². The van der Waals surface area contributed by atoms with Gasteiger partial charge in [0, 0.05) is 55.8 Å². The number of likely N-dealkylation sites (tertiary alicyclic amines) is 1. The van der Waals surface area contributed by atoms with Crippen molar-refractivity contribution in [1.29, 1.82) is 5.41 Å². The molecule has 2 heterocycles. The molecule has 1 aliphatic heterocycles. The van der Waals surface area contributed by atoms with E-state index < -0.39 is 0 Å². The Morgan fingerprint density at radius 2 is 1.78 bits per heavy atom. The second-order valence-corrected chi connectivity index (χ2v) is 13.9. The summed E-state index contributed by atoms with van der Waals surface area (Å²) < 4.78 is 0. The molecule has 46 heavy (non-hydrogen) atoms. The summed E-state index contributed by atoms with van der Waals surface area (Å²) in [6.45, 7) is 17.1. The molecule has 1 aliphatic rings. The summed E-state index contributed by atoms with van der Waals surface area (Å²) in [4.78, 5) is 37.7. The highest BCUT2D eigenvalue weighted by molar-refractivity contribution is 5.76. The molecule has 1 fully saturated rings. The molecule has 13 heteroatoms. The van der Waals surface area contributed by atoms with Gasteiger partial charge in [-0.3, -0.25) is 15.2 Å². The molecule has 0 bridgehead atoms. The van der Waals surface area contributed by atoms with Crippen molar-refractivity contribution in [1.82, 2.24) is 30.8 Å². The number of aliphatic imine (C=N–C) groups is 1. The molecule has 1 atom stereocenters. The first kappa shape index (κ1) is 38.2. The highest BCUT2D eigenvalue weighted by Gasteiger charge is 2.24. The van der Waals surface area contributed by atoms with Gasteiger partial charge in [-0.15, -0.1) is 0 Å². The van der Waals surface area contributed by atoms with Crippen molar-refractivity contribution in [2.75, 3.05) is 32.7 Å². The number of hydrogen-bond acceptors (Lipinski definition) is 7. The Kier molecular flexibility index (Phi) is 15.2. The van der Waals surface area contributed by atoms with Crippen LogP contribution in [-0.2, 0) is 12.0 Å². The molecule has 2 amide bonds. The number of nitrogens with zero attached hydrogens (tertiary/aromatic N) is 3. The molecule has 0 unspecified atom stereocenters. The van der Waals surface area contributed by atoms with Gasteiger partial charge in [0.05, 0.1) is 11.4 Å². The number of urea groups is 1. The van der Waals surface area contributed by atoms with Crippen LogP contribution in [0.1, 0.15) is 85.0 Å². The number of aromatic amines is 1. The van der Waals surface area contributed by atoms with E-state index >= 15 is 0 Å². The molecule has 1 saturated heterocycles. The maximum Gasteiger partial charge on any atom is 0.315 e. The Morgan fingerprint density at radius 3 is 2.37 bits per heavy atom. The number of benzene rings is 1. The number of carbonyl (C=O) groups excluding carboxylic acids is 1. The first-order valence-electron chi connectivity index (χ1n) is 16.1. The minimum Gasteiger partial charge on any atom is -0.388 e. The number of nitrogens with one attached hydrogen (secondary N) is 5. The van der Waals surface area contributed by atoms with Crippen LogP contribution in [0.15, 0.2) is 40.2 Å². The van der Waals surface area contributed by atoms with Crippen molar-refractivity contribution in [2.45, 2.75) is 97.2 Å². The fourth-order valence-corrected chi connectivity index (χ4v) is 4.80. The van der Waals surface area contributed by atoms with Gasteiger partial charge in [0.15, 0.2) is 5.96 Å². The smallest absolute Gasteiger partial charge is 0.315 e. The van der Waals surface area contributed by atoms with Crippen molar-refractivity contribution in [2.24, 2.45) is 22.2 Å². The molecule has 0 spiro atoms. The van der Waals surface area contributed by atoms with Crippen molar-refractivity contribution in [3.8, 4) is 11.1 Å². The molecular formula is C33H57N11O2. The lowest BCUT2D eigenvalue weighted by Crippen LogP contribution is -2.50. The largest absolute Gasteiger partial charge is 0.388 e. The van der Waals surface area contributed by atoms with Gasteiger partial charge in [-0.2, -0.15) is 0 Å². The van der Waals surface area contributed by atoms with Gasteiger partial charge in [-0.1, -0.05) is 45.0 Å². The van der Waals surface area contributed by atoms with Crippen LogP contribution in [0.5, 0.6) is 0 Å². The van der Waals surface area contributed by atoms with Crippen molar-refractivity contribution < 1.29 is 4.79 Å². The van der Waals surface area contributed by atoms with Crippen LogP contribution >= 0.6 is 0 Å². The lowest BCUT2D eigenvalue weighted by atomic mass is 9.95. The number of H-pyrrole nitrogens is 1. The number of carbonyl (C=O) groups is 1. The molecule has 0 aliphatic carbocycles. The van der Waals surface area contributed by atoms with Crippen LogP contribution in [0.2, 0.25) is 0 Å². The predicted octanol–water partition coefficient (Wildman–Crippen LogP) is 2.75. The summed E-state index contributed by atoms with van der Waals surface area (Å²) in [7, 11) is 0. The fourth-order valence-electron chi connectivity index (χ4n) is 4.80. The summed E-state index contributed by atoms with van der Waals surface area (Å²) in [5.41, 5.74) is 18.0. The van der Waals surface area contributed by atoms with Crippen molar-refractivity contribution in [3.05, 3.63) is 52.2 Å². The van der Waals surface area contributed by atoms with Gasteiger partial charge in [0.2, 0.25) is 0 Å². The van der Waals surface area contributed by atoms with Gasteiger partial charge < -0.3 is 43.0 Å². The van der Waals surface area contributed by atoms with E-state index in [9.17, 15) is 9.59 Å². The van der Waals surface area contributed by atoms with Gasteiger partial charge in [-0.05, 0) is 70.7 Å². The Hall–Kier alpha value is -3.97. The van der Waals surface area contributed by atoms with Crippen molar-refractivity contribution >= 4 is 17.8 Å². The average Bonchev–Trinajstić information content (AvgIpc) is 3.38. The second kappa shape index (κ2) is 18.2. The Balaban J connectivity index is 0.000000332. The number of guanidine groups is 1. The summed E-state index contributed by atoms with van der Waals surface area (Å²) in [5.74, 6) is 1.08. The topological polar surface area (TPSA) is 216 Å². The minimum absolute atomic E-state index is 0.0825. The first-order chi connectivity index (χ1) is 21.5. The zero-order valence-corrected chi connectivity index (χ0v) is 28.6. The SMILES string of the molecule is CC(C)(C)NC(=O)N[C@@H]1CCN(CCCCC(=N)N)C1.CC(C)(C)c1ncc(-c2ccc(CNCCCN=C(N)N)cc2)c(=O)[nH]1. The van der Waals surface area contributed by atoms with Crippen LogP contribution in [0, 0.1) is 5.41 Å². The Labute approximate surface area is 274 Å². The van der Waals surface area contributed by atoms with E-state index in [2.05, 4.69) is 35.8 Å². The lowest BCUT2D eigenvalue weighted by Gasteiger charge is -2.23. The third-order valence-corrected chi connectivity index (χ3v) is 7.18. The molecule has 256 valence electrons. The Bertz CT molecular complexity index is 1320. The number of amidine groups is 1. The normalized spacial score (nSPS) is 15.0. The molecule has 0 radical (unpaired) electrons. The third-order valence-electron chi connectivity index (χ3n) is 7.18. The molecule has 3 rings (SSSR count). The van der Waals surface area contributed by atoms with Gasteiger partial charge in [-0.25, -0.2) is 9.78 Å².